The van der Waals surface area contributed by atoms with Crippen LogP contribution in [0.15, 0.2) is 41.3 Å². The van der Waals surface area contributed by atoms with Crippen LogP contribution in [0.1, 0.15) is 0 Å². The second-order valence-corrected chi connectivity index (χ2v) is 6.62. The lowest BCUT2D eigenvalue weighted by molar-refractivity contribution is 0.551. The highest BCUT2D eigenvalue weighted by atomic mass is 127. The molecule has 0 saturated carbocycles. The average Bonchev–Trinajstić information content (AvgIpc) is 2.32. The molecule has 0 aliphatic heterocycles. The molecule has 20 heavy (non-hydrogen) atoms. The first-order valence-electron chi connectivity index (χ1n) is 5.22. The maximum atomic E-state index is 13.5. The molecule has 106 valence electrons. The van der Waals surface area contributed by atoms with Crippen LogP contribution in [0.2, 0.25) is 0 Å². The Balaban J connectivity index is 2.41. The molecule has 0 aliphatic carbocycles. The Kier molecular flexibility index (Phi) is 4.23. The van der Waals surface area contributed by atoms with Gasteiger partial charge < -0.3 is 0 Å². The first kappa shape index (κ1) is 15.1. The van der Waals surface area contributed by atoms with Gasteiger partial charge in [0.1, 0.15) is 22.3 Å². The van der Waals surface area contributed by atoms with Crippen LogP contribution >= 0.6 is 22.6 Å². The van der Waals surface area contributed by atoms with Crippen LogP contribution in [-0.4, -0.2) is 8.42 Å². The van der Waals surface area contributed by atoms with Gasteiger partial charge >= 0.3 is 0 Å². The first-order valence-corrected chi connectivity index (χ1v) is 7.79. The number of rotatable bonds is 3. The summed E-state index contributed by atoms with van der Waals surface area (Å²) in [6.07, 6.45) is 0. The van der Waals surface area contributed by atoms with Crippen LogP contribution in [0.5, 0.6) is 0 Å². The summed E-state index contributed by atoms with van der Waals surface area (Å²) in [6.45, 7) is 0. The predicted octanol–water partition coefficient (Wildman–Crippen LogP) is 3.51. The molecule has 2 aromatic carbocycles. The molecule has 0 bridgehead atoms. The normalized spacial score (nSPS) is 11.4. The van der Waals surface area contributed by atoms with E-state index in [1.807, 2.05) is 0 Å². The van der Waals surface area contributed by atoms with Gasteiger partial charge in [-0.15, -0.1) is 0 Å². The third kappa shape index (κ3) is 3.23. The van der Waals surface area contributed by atoms with Crippen LogP contribution < -0.4 is 4.72 Å². The molecule has 2 rings (SSSR count). The highest BCUT2D eigenvalue weighted by Crippen LogP contribution is 2.24. The van der Waals surface area contributed by atoms with E-state index < -0.39 is 32.4 Å². The Morgan fingerprint density at radius 1 is 0.950 bits per heavy atom. The van der Waals surface area contributed by atoms with E-state index >= 15 is 0 Å². The van der Waals surface area contributed by atoms with Crippen molar-refractivity contribution in [2.45, 2.75) is 4.90 Å². The van der Waals surface area contributed by atoms with E-state index in [9.17, 15) is 21.6 Å². The van der Waals surface area contributed by atoms with Gasteiger partial charge in [-0.25, -0.2) is 21.6 Å². The molecule has 0 saturated heterocycles. The minimum atomic E-state index is -4.22. The molecule has 0 unspecified atom stereocenters. The molecule has 0 fully saturated rings. The van der Waals surface area contributed by atoms with Crippen molar-refractivity contribution in [1.82, 2.24) is 0 Å². The van der Waals surface area contributed by atoms with Crippen molar-refractivity contribution in [3.63, 3.8) is 0 Å². The monoisotopic (exact) mass is 413 g/mol. The molecule has 0 spiro atoms. The molecular weight excluding hydrogens is 406 g/mol. The first-order chi connectivity index (χ1) is 9.29. The van der Waals surface area contributed by atoms with Crippen molar-refractivity contribution in [1.29, 1.82) is 0 Å². The Labute approximate surface area is 127 Å². The topological polar surface area (TPSA) is 46.2 Å². The van der Waals surface area contributed by atoms with E-state index in [1.165, 1.54) is 6.07 Å². The van der Waals surface area contributed by atoms with E-state index in [0.717, 1.165) is 24.3 Å². The van der Waals surface area contributed by atoms with Crippen molar-refractivity contribution in [2.75, 3.05) is 4.72 Å². The molecular formula is C12H7F3INO2S. The Morgan fingerprint density at radius 3 is 2.15 bits per heavy atom. The second-order valence-electron chi connectivity index (χ2n) is 3.80. The number of benzene rings is 2. The standard InChI is InChI=1S/C12H7F3INO2S/c13-7-2-4-12(9(15)5-7)20(18,19)17-11-3-1-8(14)6-10(11)16/h1-6,17H. The summed E-state index contributed by atoms with van der Waals surface area (Å²) >= 11 is 1.74. The summed E-state index contributed by atoms with van der Waals surface area (Å²) in [6, 6.07) is 5.55. The third-order valence-electron chi connectivity index (χ3n) is 2.36. The van der Waals surface area contributed by atoms with E-state index in [0.29, 0.717) is 9.64 Å². The summed E-state index contributed by atoms with van der Waals surface area (Å²) < 4.78 is 65.6. The number of halogens is 4. The summed E-state index contributed by atoms with van der Waals surface area (Å²) in [4.78, 5) is -0.681. The van der Waals surface area contributed by atoms with Crippen LogP contribution in [0.4, 0.5) is 18.9 Å². The van der Waals surface area contributed by atoms with Gasteiger partial charge in [-0.2, -0.15) is 0 Å². The summed E-state index contributed by atoms with van der Waals surface area (Å²) in [7, 11) is -4.22. The SMILES string of the molecule is O=S(=O)(Nc1ccc(F)cc1I)c1ccc(F)cc1F. The zero-order valence-electron chi connectivity index (χ0n) is 9.70. The van der Waals surface area contributed by atoms with Gasteiger partial charge in [-0.3, -0.25) is 4.72 Å². The quantitative estimate of drug-likeness (QED) is 0.784. The van der Waals surface area contributed by atoms with Crippen molar-refractivity contribution < 1.29 is 21.6 Å². The van der Waals surface area contributed by atoms with Crippen LogP contribution in [0, 0.1) is 21.0 Å². The van der Waals surface area contributed by atoms with Crippen molar-refractivity contribution in [3.05, 3.63) is 57.4 Å². The maximum absolute atomic E-state index is 13.5. The smallest absolute Gasteiger partial charge is 0.264 e. The number of nitrogens with one attached hydrogen (secondary N) is 1. The van der Waals surface area contributed by atoms with E-state index in [1.54, 1.807) is 22.6 Å². The minimum Gasteiger partial charge on any atom is -0.278 e. The van der Waals surface area contributed by atoms with Crippen molar-refractivity contribution in [2.24, 2.45) is 0 Å². The Morgan fingerprint density at radius 2 is 1.55 bits per heavy atom. The van der Waals surface area contributed by atoms with E-state index in [2.05, 4.69) is 4.72 Å². The van der Waals surface area contributed by atoms with E-state index in [-0.39, 0.29) is 5.69 Å². The van der Waals surface area contributed by atoms with Crippen molar-refractivity contribution >= 4 is 38.3 Å². The Bertz CT molecular complexity index is 765. The van der Waals surface area contributed by atoms with Crippen LogP contribution in [-0.2, 0) is 10.0 Å². The second kappa shape index (κ2) is 5.60. The summed E-state index contributed by atoms with van der Waals surface area (Å²) in [5.41, 5.74) is 0.107. The van der Waals surface area contributed by atoms with Crippen LogP contribution in [0.3, 0.4) is 0 Å². The largest absolute Gasteiger partial charge is 0.278 e. The molecule has 1 N–H and O–H groups in total. The number of sulfonamides is 1. The van der Waals surface area contributed by atoms with Gasteiger partial charge in [0, 0.05) is 9.64 Å². The lowest BCUT2D eigenvalue weighted by Crippen LogP contribution is -2.15. The zero-order chi connectivity index (χ0) is 14.9. The average molecular weight is 413 g/mol. The van der Waals surface area contributed by atoms with Crippen LogP contribution in [0.25, 0.3) is 0 Å². The summed E-state index contributed by atoms with van der Waals surface area (Å²) in [5, 5.41) is 0. The molecule has 0 aliphatic rings. The fraction of sp³-hybridized carbons (Fsp3) is 0. The highest BCUT2D eigenvalue weighted by Gasteiger charge is 2.20. The number of anilines is 1. The molecule has 0 aromatic heterocycles. The minimum absolute atomic E-state index is 0.107. The fourth-order valence-corrected chi connectivity index (χ4v) is 3.40. The Hall–Kier alpha value is -1.29. The number of hydrogen-bond acceptors (Lipinski definition) is 2. The molecule has 0 heterocycles. The molecule has 0 radical (unpaired) electrons. The lowest BCUT2D eigenvalue weighted by atomic mass is 10.3. The van der Waals surface area contributed by atoms with Gasteiger partial charge in [0.05, 0.1) is 5.69 Å². The van der Waals surface area contributed by atoms with Gasteiger partial charge in [0.2, 0.25) is 0 Å². The molecule has 8 heteroatoms. The molecule has 0 atom stereocenters. The molecule has 2 aromatic rings. The molecule has 3 nitrogen and oxygen atoms in total. The van der Waals surface area contributed by atoms with E-state index in [4.69, 9.17) is 0 Å². The fourth-order valence-electron chi connectivity index (χ4n) is 1.47. The predicted molar refractivity (Wildman–Crippen MR) is 76.3 cm³/mol. The maximum Gasteiger partial charge on any atom is 0.264 e. The van der Waals surface area contributed by atoms with Gasteiger partial charge in [-0.1, -0.05) is 0 Å². The van der Waals surface area contributed by atoms with Gasteiger partial charge in [0.25, 0.3) is 10.0 Å². The number of hydrogen-bond donors (Lipinski definition) is 1. The summed E-state index contributed by atoms with van der Waals surface area (Å²) in [5.74, 6) is -2.60. The van der Waals surface area contributed by atoms with Gasteiger partial charge in [0.15, 0.2) is 0 Å². The molecule has 0 amide bonds. The third-order valence-corrected chi connectivity index (χ3v) is 4.65. The zero-order valence-corrected chi connectivity index (χ0v) is 12.7. The van der Waals surface area contributed by atoms with Gasteiger partial charge in [-0.05, 0) is 52.9 Å². The highest BCUT2D eigenvalue weighted by molar-refractivity contribution is 14.1. The lowest BCUT2D eigenvalue weighted by Gasteiger charge is -2.10. The van der Waals surface area contributed by atoms with Crippen molar-refractivity contribution in [3.8, 4) is 0 Å².